The second kappa shape index (κ2) is 6.74. The third-order valence-corrected chi connectivity index (χ3v) is 4.91. The molecule has 0 aromatic heterocycles. The Morgan fingerprint density at radius 1 is 1.26 bits per heavy atom. The van der Waals surface area contributed by atoms with Crippen molar-refractivity contribution >= 4 is 5.91 Å². The second-order valence-electron chi connectivity index (χ2n) is 6.96. The topological polar surface area (TPSA) is 46.3 Å². The highest BCUT2D eigenvalue weighted by atomic mass is 16.2. The first-order valence-corrected chi connectivity index (χ1v) is 8.10. The summed E-state index contributed by atoms with van der Waals surface area (Å²) in [7, 11) is 0. The summed E-state index contributed by atoms with van der Waals surface area (Å²) in [5.74, 6) is 2.53. The van der Waals surface area contributed by atoms with Gasteiger partial charge in [-0.1, -0.05) is 20.3 Å². The van der Waals surface area contributed by atoms with Crippen LogP contribution in [-0.4, -0.2) is 30.4 Å². The molecule has 2 rings (SSSR count). The quantitative estimate of drug-likeness (QED) is 0.850. The zero-order valence-electron chi connectivity index (χ0n) is 12.6. The number of hydrogen-bond donors (Lipinski definition) is 1. The molecule has 2 N–H and O–H groups in total. The first kappa shape index (κ1) is 14.8. The first-order chi connectivity index (χ1) is 9.11. The van der Waals surface area contributed by atoms with Crippen molar-refractivity contribution in [3.05, 3.63) is 0 Å². The van der Waals surface area contributed by atoms with Crippen LogP contribution in [0.3, 0.4) is 0 Å². The molecular formula is C16H30N2O. The summed E-state index contributed by atoms with van der Waals surface area (Å²) in [6.07, 6.45) is 7.13. The third-order valence-electron chi connectivity index (χ3n) is 4.91. The van der Waals surface area contributed by atoms with Gasteiger partial charge >= 0.3 is 0 Å². The van der Waals surface area contributed by atoms with Crippen molar-refractivity contribution in [2.24, 2.45) is 29.4 Å². The molecule has 0 radical (unpaired) electrons. The molecule has 0 bridgehead atoms. The average molecular weight is 266 g/mol. The van der Waals surface area contributed by atoms with Crippen molar-refractivity contribution in [3.8, 4) is 0 Å². The van der Waals surface area contributed by atoms with Gasteiger partial charge in [0.1, 0.15) is 0 Å². The molecule has 2 aliphatic rings. The van der Waals surface area contributed by atoms with Crippen molar-refractivity contribution in [1.82, 2.24) is 4.90 Å². The molecule has 3 atom stereocenters. The van der Waals surface area contributed by atoms with Crippen LogP contribution in [0.5, 0.6) is 0 Å². The van der Waals surface area contributed by atoms with E-state index in [1.807, 2.05) is 0 Å². The van der Waals surface area contributed by atoms with Gasteiger partial charge in [0, 0.05) is 19.0 Å². The summed E-state index contributed by atoms with van der Waals surface area (Å²) in [6, 6.07) is 0. The summed E-state index contributed by atoms with van der Waals surface area (Å²) >= 11 is 0. The Labute approximate surface area is 117 Å². The molecule has 1 heterocycles. The number of piperidine rings is 1. The van der Waals surface area contributed by atoms with Crippen LogP contribution in [0.2, 0.25) is 0 Å². The van der Waals surface area contributed by atoms with E-state index in [1.165, 1.54) is 25.7 Å². The zero-order valence-corrected chi connectivity index (χ0v) is 12.6. The summed E-state index contributed by atoms with van der Waals surface area (Å²) in [5, 5.41) is 0. The van der Waals surface area contributed by atoms with Crippen LogP contribution >= 0.6 is 0 Å². The number of amides is 1. The van der Waals surface area contributed by atoms with Gasteiger partial charge in [0.25, 0.3) is 0 Å². The normalized spacial score (nSPS) is 32.0. The number of rotatable bonds is 4. The molecule has 1 saturated carbocycles. The maximum Gasteiger partial charge on any atom is 0.226 e. The average Bonchev–Trinajstić information content (AvgIpc) is 2.85. The predicted octanol–water partition coefficient (Wildman–Crippen LogP) is 2.65. The smallest absolute Gasteiger partial charge is 0.226 e. The second-order valence-corrected chi connectivity index (χ2v) is 6.96. The Hall–Kier alpha value is -0.570. The number of nitrogens with two attached hydrogens (primary N) is 1. The summed E-state index contributed by atoms with van der Waals surface area (Å²) < 4.78 is 0. The van der Waals surface area contributed by atoms with E-state index in [1.54, 1.807) is 0 Å². The predicted molar refractivity (Wildman–Crippen MR) is 78.6 cm³/mol. The van der Waals surface area contributed by atoms with Crippen LogP contribution in [0.15, 0.2) is 0 Å². The van der Waals surface area contributed by atoms with Gasteiger partial charge < -0.3 is 10.6 Å². The van der Waals surface area contributed by atoms with Crippen LogP contribution < -0.4 is 5.73 Å². The van der Waals surface area contributed by atoms with E-state index in [0.717, 1.165) is 37.8 Å². The number of nitrogens with zero attached hydrogens (tertiary/aromatic N) is 1. The molecular weight excluding hydrogens is 236 g/mol. The molecule has 110 valence electrons. The van der Waals surface area contributed by atoms with Gasteiger partial charge in [-0.05, 0) is 56.4 Å². The molecule has 1 aliphatic heterocycles. The highest BCUT2D eigenvalue weighted by Crippen LogP contribution is 2.34. The highest BCUT2D eigenvalue weighted by molar-refractivity contribution is 5.79. The Bertz CT molecular complexity index is 303. The Morgan fingerprint density at radius 3 is 2.74 bits per heavy atom. The van der Waals surface area contributed by atoms with E-state index in [2.05, 4.69) is 18.7 Å². The van der Waals surface area contributed by atoms with E-state index in [9.17, 15) is 4.79 Å². The Morgan fingerprint density at radius 2 is 2.05 bits per heavy atom. The zero-order chi connectivity index (χ0) is 13.8. The molecule has 2 fully saturated rings. The number of carbonyl (C=O) groups excluding carboxylic acids is 1. The van der Waals surface area contributed by atoms with Gasteiger partial charge in [0.15, 0.2) is 0 Å². The fraction of sp³-hybridized carbons (Fsp3) is 0.938. The van der Waals surface area contributed by atoms with E-state index in [4.69, 9.17) is 5.73 Å². The Balaban J connectivity index is 1.91. The minimum atomic E-state index is 0.225. The molecule has 0 aromatic carbocycles. The summed E-state index contributed by atoms with van der Waals surface area (Å²) in [5.41, 5.74) is 5.81. The van der Waals surface area contributed by atoms with Crippen molar-refractivity contribution in [3.63, 3.8) is 0 Å². The van der Waals surface area contributed by atoms with Crippen molar-refractivity contribution in [2.45, 2.75) is 52.4 Å². The molecule has 3 nitrogen and oxygen atoms in total. The van der Waals surface area contributed by atoms with E-state index in [-0.39, 0.29) is 5.92 Å². The van der Waals surface area contributed by atoms with Gasteiger partial charge in [-0.25, -0.2) is 0 Å². The van der Waals surface area contributed by atoms with Gasteiger partial charge in [-0.3, -0.25) is 4.79 Å². The summed E-state index contributed by atoms with van der Waals surface area (Å²) in [4.78, 5) is 14.8. The van der Waals surface area contributed by atoms with E-state index in [0.29, 0.717) is 18.4 Å². The monoisotopic (exact) mass is 266 g/mol. The van der Waals surface area contributed by atoms with Crippen LogP contribution in [0.4, 0.5) is 0 Å². The lowest BCUT2D eigenvalue weighted by Gasteiger charge is -2.36. The molecule has 1 unspecified atom stereocenters. The molecule has 3 heteroatoms. The summed E-state index contributed by atoms with van der Waals surface area (Å²) in [6.45, 7) is 7.20. The maximum atomic E-state index is 12.7. The maximum absolute atomic E-state index is 12.7. The van der Waals surface area contributed by atoms with Crippen LogP contribution in [-0.2, 0) is 4.79 Å². The standard InChI is InChI=1S/C16H30N2O/c1-12(2)9-13-5-4-8-18(11-13)16(19)15-7-3-6-14(15)10-17/h12-15H,3-11,17H2,1-2H3/t13?,14-,15-/m1/s1. The Kier molecular flexibility index (Phi) is 5.26. The molecule has 1 saturated heterocycles. The fourth-order valence-corrected chi connectivity index (χ4v) is 4.00. The van der Waals surface area contributed by atoms with Crippen molar-refractivity contribution in [1.29, 1.82) is 0 Å². The highest BCUT2D eigenvalue weighted by Gasteiger charge is 2.36. The SMILES string of the molecule is CC(C)CC1CCCN(C(=O)[C@@H]2CCC[C@@H]2CN)C1. The molecule has 19 heavy (non-hydrogen) atoms. The minimum absolute atomic E-state index is 0.225. The number of likely N-dealkylation sites (tertiary alicyclic amines) is 1. The minimum Gasteiger partial charge on any atom is -0.342 e. The van der Waals surface area contributed by atoms with E-state index >= 15 is 0 Å². The van der Waals surface area contributed by atoms with Crippen LogP contribution in [0, 0.1) is 23.7 Å². The number of carbonyl (C=O) groups is 1. The molecule has 0 spiro atoms. The van der Waals surface area contributed by atoms with Crippen molar-refractivity contribution < 1.29 is 4.79 Å². The van der Waals surface area contributed by atoms with Gasteiger partial charge in [0.2, 0.25) is 5.91 Å². The molecule has 1 amide bonds. The lowest BCUT2D eigenvalue weighted by Crippen LogP contribution is -2.44. The van der Waals surface area contributed by atoms with Gasteiger partial charge in [0.05, 0.1) is 0 Å². The molecule has 0 aromatic rings. The number of hydrogen-bond acceptors (Lipinski definition) is 2. The third kappa shape index (κ3) is 3.71. The lowest BCUT2D eigenvalue weighted by atomic mass is 9.88. The first-order valence-electron chi connectivity index (χ1n) is 8.10. The fourth-order valence-electron chi connectivity index (χ4n) is 4.00. The van der Waals surface area contributed by atoms with Gasteiger partial charge in [-0.2, -0.15) is 0 Å². The van der Waals surface area contributed by atoms with Crippen LogP contribution in [0.1, 0.15) is 52.4 Å². The van der Waals surface area contributed by atoms with E-state index < -0.39 is 0 Å². The van der Waals surface area contributed by atoms with Crippen LogP contribution in [0.25, 0.3) is 0 Å². The molecule has 1 aliphatic carbocycles. The lowest BCUT2D eigenvalue weighted by molar-refractivity contribution is -0.138. The van der Waals surface area contributed by atoms with Gasteiger partial charge in [-0.15, -0.1) is 0 Å². The van der Waals surface area contributed by atoms with Crippen molar-refractivity contribution in [2.75, 3.05) is 19.6 Å². The largest absolute Gasteiger partial charge is 0.342 e.